The maximum absolute atomic E-state index is 5.65. The van der Waals surface area contributed by atoms with Crippen molar-refractivity contribution in [2.75, 3.05) is 38.3 Å². The predicted molar refractivity (Wildman–Crippen MR) is 87.9 cm³/mol. The van der Waals surface area contributed by atoms with Gasteiger partial charge in [0.2, 0.25) is 0 Å². The third-order valence-electron chi connectivity index (χ3n) is 4.52. The Morgan fingerprint density at radius 3 is 3.10 bits per heavy atom. The van der Waals surface area contributed by atoms with Gasteiger partial charge in [-0.1, -0.05) is 12.1 Å². The lowest BCUT2D eigenvalue weighted by molar-refractivity contribution is 0.122. The summed E-state index contributed by atoms with van der Waals surface area (Å²) in [6, 6.07) is 6.92. The number of aryl methyl sites for hydroxylation is 1. The van der Waals surface area contributed by atoms with Gasteiger partial charge >= 0.3 is 0 Å². The number of fused-ring (bicyclic) bond motifs is 1. The topological polar surface area (TPSA) is 24.5 Å². The monoisotopic (exact) mass is 288 g/mol. The molecule has 1 saturated carbocycles. The minimum Gasteiger partial charge on any atom is -0.381 e. The van der Waals surface area contributed by atoms with Crippen LogP contribution in [0, 0.1) is 5.92 Å². The Bertz CT molecular complexity index is 457. The molecule has 116 valence electrons. The Hall–Kier alpha value is -1.06. The van der Waals surface area contributed by atoms with Gasteiger partial charge in [-0.15, -0.1) is 0 Å². The first kappa shape index (κ1) is 14.9. The van der Waals surface area contributed by atoms with Crippen LogP contribution in [0.3, 0.4) is 0 Å². The summed E-state index contributed by atoms with van der Waals surface area (Å²) in [5.41, 5.74) is 4.33. The summed E-state index contributed by atoms with van der Waals surface area (Å²) in [7, 11) is 2.19. The quantitative estimate of drug-likeness (QED) is 0.744. The molecule has 3 nitrogen and oxygen atoms in total. The summed E-state index contributed by atoms with van der Waals surface area (Å²) < 4.78 is 5.65. The molecule has 3 heteroatoms. The highest BCUT2D eigenvalue weighted by Crippen LogP contribution is 2.28. The van der Waals surface area contributed by atoms with E-state index in [-0.39, 0.29) is 0 Å². The minimum atomic E-state index is 0.881. The number of nitrogens with one attached hydrogen (secondary N) is 1. The van der Waals surface area contributed by atoms with E-state index in [4.69, 9.17) is 4.74 Å². The lowest BCUT2D eigenvalue weighted by Gasteiger charge is -2.27. The van der Waals surface area contributed by atoms with E-state index < -0.39 is 0 Å². The maximum Gasteiger partial charge on any atom is 0.0494 e. The Kier molecular flexibility index (Phi) is 5.15. The van der Waals surface area contributed by atoms with Gasteiger partial charge in [0.1, 0.15) is 0 Å². The standard InChI is InChI=1S/C18H28N2O/c1-20-10-2-4-17-12-16(7-8-18(17)20)13-19-9-3-11-21-14-15-5-6-15/h7-8,12,15,19H,2-6,9-11,13-14H2,1H3. The average molecular weight is 288 g/mol. The molecule has 0 radical (unpaired) electrons. The maximum atomic E-state index is 5.65. The summed E-state index contributed by atoms with van der Waals surface area (Å²) in [6.45, 7) is 5.09. The molecule has 1 heterocycles. The molecule has 0 saturated heterocycles. The van der Waals surface area contributed by atoms with Gasteiger partial charge < -0.3 is 15.0 Å². The fourth-order valence-electron chi connectivity index (χ4n) is 3.02. The molecule has 1 aromatic carbocycles. The summed E-state index contributed by atoms with van der Waals surface area (Å²) in [5, 5.41) is 3.53. The van der Waals surface area contributed by atoms with E-state index in [0.717, 1.165) is 38.6 Å². The summed E-state index contributed by atoms with van der Waals surface area (Å²) >= 11 is 0. The van der Waals surface area contributed by atoms with Gasteiger partial charge in [0.05, 0.1) is 0 Å². The molecule has 1 aliphatic carbocycles. The number of hydrogen-bond donors (Lipinski definition) is 1. The van der Waals surface area contributed by atoms with Crippen LogP contribution in [0.25, 0.3) is 0 Å². The van der Waals surface area contributed by atoms with Crippen molar-refractivity contribution in [3.05, 3.63) is 29.3 Å². The minimum absolute atomic E-state index is 0.881. The first-order valence-electron chi connectivity index (χ1n) is 8.44. The lowest BCUT2D eigenvalue weighted by Crippen LogP contribution is -2.25. The molecule has 3 rings (SSSR count). The van der Waals surface area contributed by atoms with E-state index in [9.17, 15) is 0 Å². The van der Waals surface area contributed by atoms with Crippen LogP contribution in [0.2, 0.25) is 0 Å². The lowest BCUT2D eigenvalue weighted by atomic mass is 9.99. The van der Waals surface area contributed by atoms with Crippen molar-refractivity contribution in [3.8, 4) is 0 Å². The molecule has 2 aliphatic rings. The normalized spacial score (nSPS) is 17.9. The Balaban J connectivity index is 1.35. The SMILES string of the molecule is CN1CCCc2cc(CNCCCOCC3CC3)ccc21. The zero-order chi connectivity index (χ0) is 14.5. The largest absolute Gasteiger partial charge is 0.381 e. The van der Waals surface area contributed by atoms with Crippen molar-refractivity contribution in [1.29, 1.82) is 0 Å². The number of nitrogens with zero attached hydrogens (tertiary/aromatic N) is 1. The highest BCUT2D eigenvalue weighted by molar-refractivity contribution is 5.56. The number of anilines is 1. The van der Waals surface area contributed by atoms with Crippen LogP contribution in [0.5, 0.6) is 0 Å². The molecule has 0 atom stereocenters. The Morgan fingerprint density at radius 2 is 2.24 bits per heavy atom. The van der Waals surface area contributed by atoms with Crippen molar-refractivity contribution >= 4 is 5.69 Å². The van der Waals surface area contributed by atoms with Crippen molar-refractivity contribution in [2.24, 2.45) is 5.92 Å². The molecule has 0 unspecified atom stereocenters. The van der Waals surface area contributed by atoms with Crippen molar-refractivity contribution < 1.29 is 4.74 Å². The van der Waals surface area contributed by atoms with Crippen molar-refractivity contribution in [3.63, 3.8) is 0 Å². The van der Waals surface area contributed by atoms with Crippen LogP contribution in [0.4, 0.5) is 5.69 Å². The molecule has 0 bridgehead atoms. The molecule has 0 amide bonds. The number of benzene rings is 1. The molecular weight excluding hydrogens is 260 g/mol. The zero-order valence-corrected chi connectivity index (χ0v) is 13.2. The van der Waals surface area contributed by atoms with E-state index in [1.165, 1.54) is 49.0 Å². The molecule has 1 aliphatic heterocycles. The average Bonchev–Trinajstić information content (AvgIpc) is 3.31. The smallest absolute Gasteiger partial charge is 0.0494 e. The summed E-state index contributed by atoms with van der Waals surface area (Å²) in [4.78, 5) is 2.37. The summed E-state index contributed by atoms with van der Waals surface area (Å²) in [5.74, 6) is 0.881. The molecule has 1 aromatic rings. The fourth-order valence-corrected chi connectivity index (χ4v) is 3.02. The Morgan fingerprint density at radius 1 is 1.33 bits per heavy atom. The molecule has 21 heavy (non-hydrogen) atoms. The van der Waals surface area contributed by atoms with Gasteiger partial charge in [0.25, 0.3) is 0 Å². The van der Waals surface area contributed by atoms with Crippen LogP contribution in [-0.2, 0) is 17.7 Å². The van der Waals surface area contributed by atoms with Crippen LogP contribution >= 0.6 is 0 Å². The van der Waals surface area contributed by atoms with Crippen molar-refractivity contribution in [1.82, 2.24) is 5.32 Å². The van der Waals surface area contributed by atoms with Crippen LogP contribution in [0.1, 0.15) is 36.8 Å². The molecule has 0 spiro atoms. The van der Waals surface area contributed by atoms with Crippen LogP contribution in [0.15, 0.2) is 18.2 Å². The first-order chi connectivity index (χ1) is 10.3. The number of ether oxygens (including phenoxy) is 1. The number of rotatable bonds is 8. The van der Waals surface area contributed by atoms with Gasteiger partial charge in [0, 0.05) is 39.0 Å². The second-order valence-corrected chi connectivity index (χ2v) is 6.54. The van der Waals surface area contributed by atoms with E-state index in [0.29, 0.717) is 0 Å². The molecule has 1 fully saturated rings. The first-order valence-corrected chi connectivity index (χ1v) is 8.44. The van der Waals surface area contributed by atoms with Gasteiger partial charge in [-0.25, -0.2) is 0 Å². The van der Waals surface area contributed by atoms with Crippen molar-refractivity contribution in [2.45, 2.75) is 38.6 Å². The third kappa shape index (κ3) is 4.45. The highest BCUT2D eigenvalue weighted by atomic mass is 16.5. The van der Waals surface area contributed by atoms with E-state index in [1.807, 2.05) is 0 Å². The van der Waals surface area contributed by atoms with E-state index in [2.05, 4.69) is 35.5 Å². The highest BCUT2D eigenvalue weighted by Gasteiger charge is 2.20. The van der Waals surface area contributed by atoms with Gasteiger partial charge in [0.15, 0.2) is 0 Å². The molecule has 1 N–H and O–H groups in total. The third-order valence-corrected chi connectivity index (χ3v) is 4.52. The zero-order valence-electron chi connectivity index (χ0n) is 13.2. The summed E-state index contributed by atoms with van der Waals surface area (Å²) in [6.07, 6.45) is 6.37. The molecular formula is C18H28N2O. The fraction of sp³-hybridized carbons (Fsp3) is 0.667. The Labute approximate surface area is 128 Å². The second kappa shape index (κ2) is 7.28. The predicted octanol–water partition coefficient (Wildman–Crippen LogP) is 2.98. The molecule has 0 aromatic heterocycles. The van der Waals surface area contributed by atoms with Gasteiger partial charge in [-0.2, -0.15) is 0 Å². The second-order valence-electron chi connectivity index (χ2n) is 6.54. The van der Waals surface area contributed by atoms with Gasteiger partial charge in [-0.3, -0.25) is 0 Å². The van der Waals surface area contributed by atoms with Gasteiger partial charge in [-0.05, 0) is 61.8 Å². The van der Waals surface area contributed by atoms with Crippen LogP contribution < -0.4 is 10.2 Å². The van der Waals surface area contributed by atoms with E-state index >= 15 is 0 Å². The van der Waals surface area contributed by atoms with E-state index in [1.54, 1.807) is 0 Å². The van der Waals surface area contributed by atoms with Crippen LogP contribution in [-0.4, -0.2) is 33.4 Å². The number of hydrogen-bond acceptors (Lipinski definition) is 3.